The van der Waals surface area contributed by atoms with Crippen molar-refractivity contribution in [1.82, 2.24) is 0 Å². The highest BCUT2D eigenvalue weighted by Gasteiger charge is 2.11. The average molecular weight is 240 g/mol. The summed E-state index contributed by atoms with van der Waals surface area (Å²) < 4.78 is 0. The molecule has 0 fully saturated rings. The van der Waals surface area contributed by atoms with Crippen LogP contribution in [0, 0.1) is 16.0 Å². The van der Waals surface area contributed by atoms with Gasteiger partial charge in [0.05, 0.1) is 4.92 Å². The monoisotopic (exact) mass is 240 g/mol. The molecule has 1 aromatic carbocycles. The third kappa shape index (κ3) is 3.41. The summed E-state index contributed by atoms with van der Waals surface area (Å²) in [6.07, 6.45) is 1.13. The SMILES string of the molecule is CCC(C)CSc1ccc([N+](=O)[O-])c(N)c1. The van der Waals surface area contributed by atoms with Crippen molar-refractivity contribution in [3.05, 3.63) is 28.3 Å². The molecule has 4 nitrogen and oxygen atoms in total. The Labute approximate surface area is 99.4 Å². The first-order chi connectivity index (χ1) is 7.54. The molecule has 1 unspecified atom stereocenters. The van der Waals surface area contributed by atoms with Crippen LogP contribution in [-0.4, -0.2) is 10.7 Å². The van der Waals surface area contributed by atoms with E-state index in [0.717, 1.165) is 17.1 Å². The molecule has 0 radical (unpaired) electrons. The number of anilines is 1. The lowest BCUT2D eigenvalue weighted by molar-refractivity contribution is -0.383. The Morgan fingerprint density at radius 1 is 1.56 bits per heavy atom. The Morgan fingerprint density at radius 2 is 2.25 bits per heavy atom. The highest BCUT2D eigenvalue weighted by atomic mass is 32.2. The number of nitrogens with zero attached hydrogens (tertiary/aromatic N) is 1. The maximum atomic E-state index is 10.6. The highest BCUT2D eigenvalue weighted by Crippen LogP contribution is 2.29. The third-order valence-electron chi connectivity index (χ3n) is 2.43. The molecular formula is C11H16N2O2S. The molecule has 1 rings (SSSR count). The zero-order valence-electron chi connectivity index (χ0n) is 9.47. The van der Waals surface area contributed by atoms with Gasteiger partial charge in [0.2, 0.25) is 0 Å². The minimum Gasteiger partial charge on any atom is -0.393 e. The lowest BCUT2D eigenvalue weighted by atomic mass is 10.2. The fourth-order valence-corrected chi connectivity index (χ4v) is 2.23. The molecule has 88 valence electrons. The van der Waals surface area contributed by atoms with Crippen LogP contribution in [0.1, 0.15) is 20.3 Å². The standard InChI is InChI=1S/C11H16N2O2S/c1-3-8(2)7-16-9-4-5-11(13(14)15)10(12)6-9/h4-6,8H,3,7,12H2,1-2H3. The maximum absolute atomic E-state index is 10.6. The van der Waals surface area contributed by atoms with Gasteiger partial charge in [0, 0.05) is 16.7 Å². The largest absolute Gasteiger partial charge is 0.393 e. The smallest absolute Gasteiger partial charge is 0.292 e. The van der Waals surface area contributed by atoms with Crippen molar-refractivity contribution in [2.75, 3.05) is 11.5 Å². The van der Waals surface area contributed by atoms with E-state index in [4.69, 9.17) is 5.73 Å². The summed E-state index contributed by atoms with van der Waals surface area (Å²) in [6, 6.07) is 4.89. The summed E-state index contributed by atoms with van der Waals surface area (Å²) in [5.41, 5.74) is 5.82. The van der Waals surface area contributed by atoms with E-state index in [9.17, 15) is 10.1 Å². The minimum absolute atomic E-state index is 0.0205. The first-order valence-corrected chi connectivity index (χ1v) is 6.19. The van der Waals surface area contributed by atoms with Crippen LogP contribution >= 0.6 is 11.8 Å². The van der Waals surface area contributed by atoms with Crippen LogP contribution < -0.4 is 5.73 Å². The van der Waals surface area contributed by atoms with Gasteiger partial charge >= 0.3 is 0 Å². The summed E-state index contributed by atoms with van der Waals surface area (Å²) in [5, 5.41) is 10.6. The Kier molecular flexibility index (Phi) is 4.61. The number of benzene rings is 1. The van der Waals surface area contributed by atoms with Crippen LogP contribution in [0.15, 0.2) is 23.1 Å². The molecule has 0 bridgehead atoms. The fraction of sp³-hybridized carbons (Fsp3) is 0.455. The van der Waals surface area contributed by atoms with Gasteiger partial charge in [0.15, 0.2) is 0 Å². The number of thioether (sulfide) groups is 1. The zero-order valence-corrected chi connectivity index (χ0v) is 10.3. The number of nitrogen functional groups attached to an aromatic ring is 1. The van der Waals surface area contributed by atoms with E-state index in [0.29, 0.717) is 5.92 Å². The van der Waals surface area contributed by atoms with Crippen molar-refractivity contribution in [1.29, 1.82) is 0 Å². The van der Waals surface area contributed by atoms with Gasteiger partial charge in [-0.3, -0.25) is 10.1 Å². The van der Waals surface area contributed by atoms with Gasteiger partial charge in [0.1, 0.15) is 5.69 Å². The third-order valence-corrected chi connectivity index (χ3v) is 3.75. The molecule has 5 heteroatoms. The van der Waals surface area contributed by atoms with Crippen LogP contribution in [0.5, 0.6) is 0 Å². The van der Waals surface area contributed by atoms with Gasteiger partial charge in [-0.2, -0.15) is 0 Å². The number of hydrogen-bond donors (Lipinski definition) is 1. The summed E-state index contributed by atoms with van der Waals surface area (Å²) in [6.45, 7) is 4.33. The average Bonchev–Trinajstić information content (AvgIpc) is 2.25. The van der Waals surface area contributed by atoms with Crippen molar-refractivity contribution in [2.45, 2.75) is 25.2 Å². The molecule has 1 atom stereocenters. The van der Waals surface area contributed by atoms with Crippen molar-refractivity contribution >= 4 is 23.1 Å². The second-order valence-electron chi connectivity index (χ2n) is 3.80. The van der Waals surface area contributed by atoms with Crippen LogP contribution in [0.2, 0.25) is 0 Å². The first kappa shape index (κ1) is 12.8. The van der Waals surface area contributed by atoms with Crippen molar-refractivity contribution < 1.29 is 4.92 Å². The van der Waals surface area contributed by atoms with Crippen molar-refractivity contribution in [3.8, 4) is 0 Å². The highest BCUT2D eigenvalue weighted by molar-refractivity contribution is 7.99. The van der Waals surface area contributed by atoms with E-state index in [1.54, 1.807) is 23.9 Å². The van der Waals surface area contributed by atoms with Crippen LogP contribution in [0.25, 0.3) is 0 Å². The summed E-state index contributed by atoms with van der Waals surface area (Å²) in [4.78, 5) is 11.1. The Hall–Kier alpha value is -1.23. The van der Waals surface area contributed by atoms with E-state index in [1.165, 1.54) is 6.07 Å². The normalized spacial score (nSPS) is 12.4. The summed E-state index contributed by atoms with van der Waals surface area (Å²) in [7, 11) is 0. The molecule has 0 heterocycles. The number of nitrogens with two attached hydrogens (primary N) is 1. The van der Waals surface area contributed by atoms with Crippen LogP contribution in [0.4, 0.5) is 11.4 Å². The summed E-state index contributed by atoms with van der Waals surface area (Å²) >= 11 is 1.69. The number of hydrogen-bond acceptors (Lipinski definition) is 4. The molecule has 0 spiro atoms. The molecule has 0 saturated heterocycles. The lowest BCUT2D eigenvalue weighted by Gasteiger charge is -2.08. The zero-order chi connectivity index (χ0) is 12.1. The molecule has 0 aliphatic carbocycles. The lowest BCUT2D eigenvalue weighted by Crippen LogP contribution is -1.97. The van der Waals surface area contributed by atoms with E-state index in [2.05, 4.69) is 13.8 Å². The second kappa shape index (κ2) is 5.75. The predicted molar refractivity (Wildman–Crippen MR) is 67.7 cm³/mol. The number of nitro benzene ring substituents is 1. The van der Waals surface area contributed by atoms with E-state index < -0.39 is 4.92 Å². The topological polar surface area (TPSA) is 69.2 Å². The van der Waals surface area contributed by atoms with Crippen molar-refractivity contribution in [3.63, 3.8) is 0 Å². The summed E-state index contributed by atoms with van der Waals surface area (Å²) in [5.74, 6) is 1.65. The van der Waals surface area contributed by atoms with E-state index >= 15 is 0 Å². The van der Waals surface area contributed by atoms with Crippen LogP contribution in [-0.2, 0) is 0 Å². The molecule has 0 amide bonds. The maximum Gasteiger partial charge on any atom is 0.292 e. The van der Waals surface area contributed by atoms with Gasteiger partial charge in [-0.1, -0.05) is 20.3 Å². The predicted octanol–water partition coefficient (Wildman–Crippen LogP) is 3.32. The molecule has 0 aliphatic rings. The van der Waals surface area contributed by atoms with Gasteiger partial charge in [-0.15, -0.1) is 11.8 Å². The second-order valence-corrected chi connectivity index (χ2v) is 4.90. The van der Waals surface area contributed by atoms with Gasteiger partial charge < -0.3 is 5.73 Å². The van der Waals surface area contributed by atoms with E-state index in [1.807, 2.05) is 0 Å². The van der Waals surface area contributed by atoms with Gasteiger partial charge in [0.25, 0.3) is 5.69 Å². The van der Waals surface area contributed by atoms with Gasteiger partial charge in [-0.25, -0.2) is 0 Å². The number of rotatable bonds is 5. The number of nitro groups is 1. The molecule has 16 heavy (non-hydrogen) atoms. The minimum atomic E-state index is -0.460. The Balaban J connectivity index is 2.70. The van der Waals surface area contributed by atoms with Gasteiger partial charge in [-0.05, 0) is 18.1 Å². The first-order valence-electron chi connectivity index (χ1n) is 5.21. The fourth-order valence-electron chi connectivity index (χ4n) is 1.14. The Bertz CT molecular complexity index is 382. The quantitative estimate of drug-likeness (QED) is 0.371. The molecule has 0 aliphatic heterocycles. The molecular weight excluding hydrogens is 224 g/mol. The van der Waals surface area contributed by atoms with E-state index in [-0.39, 0.29) is 11.4 Å². The molecule has 1 aromatic rings. The molecule has 2 N–H and O–H groups in total. The Morgan fingerprint density at radius 3 is 2.75 bits per heavy atom. The molecule has 0 aromatic heterocycles. The molecule has 0 saturated carbocycles. The van der Waals surface area contributed by atoms with Crippen molar-refractivity contribution in [2.24, 2.45) is 5.92 Å². The van der Waals surface area contributed by atoms with Crippen LogP contribution in [0.3, 0.4) is 0 Å².